The minimum absolute atomic E-state index is 0.0514. The molecule has 96 valence electrons. The average molecular weight is 247 g/mol. The Kier molecular flexibility index (Phi) is 4.54. The largest absolute Gasteiger partial charge is 0.416 e. The number of rotatable bonds is 4. The van der Waals surface area contributed by atoms with Crippen molar-refractivity contribution >= 4 is 0 Å². The van der Waals surface area contributed by atoms with Gasteiger partial charge in [-0.1, -0.05) is 12.1 Å². The first-order valence-electron chi connectivity index (χ1n) is 5.35. The Hall–Kier alpha value is -1.07. The molecule has 1 aromatic rings. The van der Waals surface area contributed by atoms with Crippen molar-refractivity contribution in [2.45, 2.75) is 32.2 Å². The number of benzene rings is 1. The monoisotopic (exact) mass is 247 g/mol. The quantitative estimate of drug-likeness (QED) is 0.887. The Morgan fingerprint density at radius 1 is 1.18 bits per heavy atom. The molecule has 0 aliphatic heterocycles. The predicted octanol–water partition coefficient (Wildman–Crippen LogP) is 3.13. The molecule has 5 heteroatoms. The van der Waals surface area contributed by atoms with Gasteiger partial charge in [0.15, 0.2) is 0 Å². The van der Waals surface area contributed by atoms with Gasteiger partial charge in [0.1, 0.15) is 0 Å². The van der Waals surface area contributed by atoms with Crippen LogP contribution in [0, 0.1) is 0 Å². The highest BCUT2D eigenvalue weighted by atomic mass is 19.4. The van der Waals surface area contributed by atoms with Crippen LogP contribution in [0.5, 0.6) is 0 Å². The molecule has 0 amide bonds. The summed E-state index contributed by atoms with van der Waals surface area (Å²) in [5, 5.41) is 0. The molecule has 17 heavy (non-hydrogen) atoms. The maximum Gasteiger partial charge on any atom is 0.416 e. The van der Waals surface area contributed by atoms with Gasteiger partial charge in [-0.05, 0) is 31.5 Å². The molecule has 1 aromatic carbocycles. The summed E-state index contributed by atoms with van der Waals surface area (Å²) >= 11 is 0. The number of halogens is 3. The van der Waals surface area contributed by atoms with Crippen molar-refractivity contribution in [3.63, 3.8) is 0 Å². The first kappa shape index (κ1) is 14.0. The van der Waals surface area contributed by atoms with Crippen molar-refractivity contribution in [3.8, 4) is 0 Å². The lowest BCUT2D eigenvalue weighted by atomic mass is 10.1. The number of hydrogen-bond acceptors (Lipinski definition) is 2. The third-order valence-corrected chi connectivity index (χ3v) is 2.28. The number of alkyl halides is 3. The fourth-order valence-electron chi connectivity index (χ4n) is 1.31. The first-order chi connectivity index (χ1) is 7.80. The van der Waals surface area contributed by atoms with Crippen LogP contribution in [0.25, 0.3) is 0 Å². The molecule has 1 unspecified atom stereocenters. The van der Waals surface area contributed by atoms with Crippen molar-refractivity contribution < 1.29 is 17.9 Å². The zero-order chi connectivity index (χ0) is 13.1. The zero-order valence-electron chi connectivity index (χ0n) is 9.79. The summed E-state index contributed by atoms with van der Waals surface area (Å²) < 4.78 is 42.3. The van der Waals surface area contributed by atoms with E-state index in [1.807, 2.05) is 13.8 Å². The van der Waals surface area contributed by atoms with Crippen molar-refractivity contribution in [3.05, 3.63) is 35.4 Å². The first-order valence-corrected chi connectivity index (χ1v) is 5.35. The summed E-state index contributed by atoms with van der Waals surface area (Å²) in [6.45, 7) is 4.04. The topological polar surface area (TPSA) is 35.2 Å². The smallest absolute Gasteiger partial charge is 0.377 e. The minimum Gasteiger partial charge on any atom is -0.377 e. The van der Waals surface area contributed by atoms with Crippen LogP contribution in [0.3, 0.4) is 0 Å². The highest BCUT2D eigenvalue weighted by molar-refractivity contribution is 5.26. The fourth-order valence-corrected chi connectivity index (χ4v) is 1.31. The molecule has 0 aromatic heterocycles. The van der Waals surface area contributed by atoms with Gasteiger partial charge in [-0.25, -0.2) is 0 Å². The van der Waals surface area contributed by atoms with Crippen LogP contribution < -0.4 is 5.73 Å². The molecule has 0 saturated carbocycles. The van der Waals surface area contributed by atoms with Gasteiger partial charge in [-0.15, -0.1) is 0 Å². The third kappa shape index (κ3) is 4.36. The molecule has 2 N–H and O–H groups in total. The van der Waals surface area contributed by atoms with Gasteiger partial charge >= 0.3 is 6.18 Å². The molecule has 0 saturated heterocycles. The molecule has 0 fully saturated rings. The summed E-state index contributed by atoms with van der Waals surface area (Å²) in [7, 11) is 0. The van der Waals surface area contributed by atoms with Gasteiger partial charge in [0.05, 0.1) is 24.3 Å². The maximum atomic E-state index is 12.3. The lowest BCUT2D eigenvalue weighted by molar-refractivity contribution is -0.137. The van der Waals surface area contributed by atoms with E-state index in [1.54, 1.807) is 0 Å². The number of hydrogen-bond donors (Lipinski definition) is 1. The highest BCUT2D eigenvalue weighted by Crippen LogP contribution is 2.29. The second-order valence-corrected chi connectivity index (χ2v) is 4.11. The lowest BCUT2D eigenvalue weighted by Crippen LogP contribution is -2.19. The lowest BCUT2D eigenvalue weighted by Gasteiger charge is -2.15. The minimum atomic E-state index is -4.31. The molecule has 2 nitrogen and oxygen atoms in total. The Morgan fingerprint density at radius 2 is 1.71 bits per heavy atom. The fraction of sp³-hybridized carbons (Fsp3) is 0.500. The second-order valence-electron chi connectivity index (χ2n) is 4.11. The average Bonchev–Trinajstić information content (AvgIpc) is 2.25. The Labute approximate surface area is 98.6 Å². The molecule has 1 rings (SSSR count). The van der Waals surface area contributed by atoms with Crippen LogP contribution in [0.2, 0.25) is 0 Å². The van der Waals surface area contributed by atoms with Gasteiger partial charge in [0.25, 0.3) is 0 Å². The summed E-state index contributed by atoms with van der Waals surface area (Å²) in [6, 6.07) is 4.43. The summed E-state index contributed by atoms with van der Waals surface area (Å²) in [6.07, 6.45) is -4.26. The standard InChI is InChI=1S/C12H16F3NO/c1-8(2)17-7-11(16)9-3-5-10(6-4-9)12(13,14)15/h3-6,8,11H,7,16H2,1-2H3. The van der Waals surface area contributed by atoms with E-state index in [0.717, 1.165) is 12.1 Å². The van der Waals surface area contributed by atoms with Crippen molar-refractivity contribution in [1.29, 1.82) is 0 Å². The van der Waals surface area contributed by atoms with Crippen molar-refractivity contribution in [2.75, 3.05) is 6.61 Å². The van der Waals surface area contributed by atoms with Crippen LogP contribution >= 0.6 is 0 Å². The molecule has 0 bridgehead atoms. The molecule has 0 heterocycles. The molecule has 1 atom stereocenters. The third-order valence-electron chi connectivity index (χ3n) is 2.28. The van der Waals surface area contributed by atoms with Crippen molar-refractivity contribution in [1.82, 2.24) is 0 Å². The van der Waals surface area contributed by atoms with Gasteiger partial charge in [-0.2, -0.15) is 13.2 Å². The van der Waals surface area contributed by atoms with E-state index < -0.39 is 17.8 Å². The van der Waals surface area contributed by atoms with E-state index in [0.29, 0.717) is 12.2 Å². The zero-order valence-corrected chi connectivity index (χ0v) is 9.79. The van der Waals surface area contributed by atoms with Crippen LogP contribution in [-0.4, -0.2) is 12.7 Å². The van der Waals surface area contributed by atoms with Gasteiger partial charge in [-0.3, -0.25) is 0 Å². The van der Waals surface area contributed by atoms with Crippen LogP contribution in [0.4, 0.5) is 13.2 Å². The Morgan fingerprint density at radius 3 is 2.12 bits per heavy atom. The summed E-state index contributed by atoms with van der Waals surface area (Å²) in [4.78, 5) is 0. The van der Waals surface area contributed by atoms with E-state index in [9.17, 15) is 13.2 Å². The SMILES string of the molecule is CC(C)OCC(N)c1ccc(C(F)(F)F)cc1. The van der Waals surface area contributed by atoms with Crippen LogP contribution in [0.1, 0.15) is 31.0 Å². The number of ether oxygens (including phenoxy) is 1. The molecule has 0 aliphatic rings. The summed E-state index contributed by atoms with van der Waals surface area (Å²) in [5.74, 6) is 0. The highest BCUT2D eigenvalue weighted by Gasteiger charge is 2.30. The number of nitrogens with two attached hydrogens (primary N) is 1. The van der Waals surface area contributed by atoms with E-state index >= 15 is 0 Å². The molecule has 0 aliphatic carbocycles. The normalized spacial score (nSPS) is 14.1. The van der Waals surface area contributed by atoms with E-state index in [2.05, 4.69) is 0 Å². The molecule has 0 radical (unpaired) electrons. The van der Waals surface area contributed by atoms with Gasteiger partial charge in [0, 0.05) is 0 Å². The molecule has 0 spiro atoms. The van der Waals surface area contributed by atoms with Gasteiger partial charge < -0.3 is 10.5 Å². The Bertz CT molecular complexity index is 346. The van der Waals surface area contributed by atoms with Crippen LogP contribution in [0.15, 0.2) is 24.3 Å². The Balaban J connectivity index is 2.67. The maximum absolute atomic E-state index is 12.3. The van der Waals surface area contributed by atoms with Crippen molar-refractivity contribution in [2.24, 2.45) is 5.73 Å². The van der Waals surface area contributed by atoms with Crippen LogP contribution in [-0.2, 0) is 10.9 Å². The van der Waals surface area contributed by atoms with Gasteiger partial charge in [0.2, 0.25) is 0 Å². The second kappa shape index (κ2) is 5.51. The van der Waals surface area contributed by atoms with E-state index in [1.165, 1.54) is 12.1 Å². The molecular weight excluding hydrogens is 231 g/mol. The summed E-state index contributed by atoms with van der Waals surface area (Å²) in [5.41, 5.74) is 5.77. The van der Waals surface area contributed by atoms with E-state index in [-0.39, 0.29) is 6.10 Å². The molecular formula is C12H16F3NO. The van der Waals surface area contributed by atoms with E-state index in [4.69, 9.17) is 10.5 Å². The predicted molar refractivity (Wildman–Crippen MR) is 59.5 cm³/mol.